The highest BCUT2D eigenvalue weighted by molar-refractivity contribution is 5.88. The second kappa shape index (κ2) is 16.1. The Kier molecular flexibility index (Phi) is 10.2. The fourth-order valence-electron chi connectivity index (χ4n) is 7.86. The largest absolute Gasteiger partial charge is 0.422 e. The van der Waals surface area contributed by atoms with E-state index < -0.39 is 16.9 Å². The molecule has 0 amide bonds. The normalized spacial score (nSPS) is 11.3. The van der Waals surface area contributed by atoms with Gasteiger partial charge in [-0.25, -0.2) is 14.4 Å². The van der Waals surface area contributed by atoms with Gasteiger partial charge in [-0.15, -0.1) is 0 Å². The Morgan fingerprint density at radius 1 is 0.459 bits per heavy atom. The van der Waals surface area contributed by atoms with E-state index in [1.54, 1.807) is 12.1 Å². The number of nitrogen functional groups attached to an aromatic ring is 1. The summed E-state index contributed by atoms with van der Waals surface area (Å²) >= 11 is 0. The first-order valence-electron chi connectivity index (χ1n) is 20.3. The molecule has 0 unspecified atom stereocenters. The van der Waals surface area contributed by atoms with E-state index in [1.165, 1.54) is 0 Å². The van der Waals surface area contributed by atoms with Gasteiger partial charge < -0.3 is 34.1 Å². The van der Waals surface area contributed by atoms with Gasteiger partial charge in [0.1, 0.15) is 16.7 Å². The van der Waals surface area contributed by atoms with Gasteiger partial charge in [-0.3, -0.25) is 0 Å². The van der Waals surface area contributed by atoms with Crippen molar-refractivity contribution in [1.29, 1.82) is 0 Å². The number of benzene rings is 6. The van der Waals surface area contributed by atoms with E-state index >= 15 is 0 Å². The molecule has 0 saturated heterocycles. The number of hydrogen-bond donors (Lipinski definition) is 2. The zero-order valence-electron chi connectivity index (χ0n) is 33.9. The van der Waals surface area contributed by atoms with Gasteiger partial charge in [-0.2, -0.15) is 0 Å². The molecule has 10 heteroatoms. The summed E-state index contributed by atoms with van der Waals surface area (Å²) in [5, 5.41) is 5.66. The maximum Gasteiger partial charge on any atom is 0.344 e. The van der Waals surface area contributed by atoms with Crippen molar-refractivity contribution in [2.24, 2.45) is 0 Å². The van der Waals surface area contributed by atoms with Crippen LogP contribution in [0.15, 0.2) is 173 Å². The Hall–Kier alpha value is -7.85. The smallest absolute Gasteiger partial charge is 0.344 e. The summed E-state index contributed by atoms with van der Waals surface area (Å²) in [7, 11) is 0. The van der Waals surface area contributed by atoms with Crippen LogP contribution in [0, 0.1) is 0 Å². The van der Waals surface area contributed by atoms with E-state index in [1.807, 2.05) is 140 Å². The number of anilines is 6. The molecule has 0 atom stereocenters. The molecule has 0 bridgehead atoms. The minimum Gasteiger partial charge on any atom is -0.422 e. The molecule has 6 aromatic carbocycles. The maximum absolute atomic E-state index is 13.4. The minimum atomic E-state index is -0.465. The number of nitrogens with zero attached hydrogens (tertiary/aromatic N) is 2. The van der Waals surface area contributed by atoms with Crippen LogP contribution in [-0.2, 0) is 0 Å². The van der Waals surface area contributed by atoms with Crippen LogP contribution in [0.4, 0.5) is 34.1 Å². The van der Waals surface area contributed by atoms with E-state index in [0.717, 1.165) is 64.2 Å². The number of nitrogens with two attached hydrogens (primary N) is 1. The molecule has 9 rings (SSSR count). The Balaban J connectivity index is 1.09. The van der Waals surface area contributed by atoms with Gasteiger partial charge >= 0.3 is 16.9 Å². The van der Waals surface area contributed by atoms with E-state index in [-0.39, 0.29) is 0 Å². The van der Waals surface area contributed by atoms with Crippen molar-refractivity contribution in [2.75, 3.05) is 40.5 Å². The molecule has 0 fully saturated rings. The summed E-state index contributed by atoms with van der Waals surface area (Å²) in [4.78, 5) is 44.1. The molecule has 9 aromatic rings. The van der Waals surface area contributed by atoms with Crippen molar-refractivity contribution in [3.8, 4) is 33.4 Å². The highest BCUT2D eigenvalue weighted by Gasteiger charge is 2.18. The molecule has 3 aromatic heterocycles. The second-order valence-electron chi connectivity index (χ2n) is 14.8. The van der Waals surface area contributed by atoms with E-state index in [0.29, 0.717) is 55.8 Å². The molecule has 3 heterocycles. The van der Waals surface area contributed by atoms with Crippen LogP contribution < -0.4 is 37.7 Å². The lowest BCUT2D eigenvalue weighted by Crippen LogP contribution is -2.21. The van der Waals surface area contributed by atoms with Gasteiger partial charge in [0.15, 0.2) is 0 Å². The van der Waals surface area contributed by atoms with Gasteiger partial charge in [0.25, 0.3) is 0 Å². The van der Waals surface area contributed by atoms with E-state index in [9.17, 15) is 14.4 Å². The van der Waals surface area contributed by atoms with Crippen molar-refractivity contribution in [3.63, 3.8) is 0 Å². The highest BCUT2D eigenvalue weighted by atomic mass is 16.4. The Morgan fingerprint density at radius 3 is 1.30 bits per heavy atom. The molecule has 0 saturated carbocycles. The monoisotopic (exact) mass is 806 g/mol. The lowest BCUT2D eigenvalue weighted by atomic mass is 10.0. The zero-order chi connectivity index (χ0) is 42.2. The molecule has 10 nitrogen and oxygen atoms in total. The Labute approximate surface area is 350 Å². The molecule has 302 valence electrons. The lowest BCUT2D eigenvalue weighted by Gasteiger charge is -2.26. The van der Waals surface area contributed by atoms with E-state index in [4.69, 9.17) is 19.0 Å². The standard InChI is InChI=1S/C51H42N4O6/c1-4-53-38-17-8-35-26-44(50(57)60-47(35)29-38)32-11-20-40(21-12-32)55(39-18-9-31(10-19-39)43-25-34-7-16-37(52)28-46(34)59-49(43)56)41-22-13-33(14-23-41)45-27-36-15-24-42(54(5-2)6-3)30-48(36)61-51(45)58/h7-30,53H,4-6,52H2,1-3H3. The van der Waals surface area contributed by atoms with Crippen LogP contribution in [0.1, 0.15) is 20.8 Å². The summed E-state index contributed by atoms with van der Waals surface area (Å²) < 4.78 is 17.3. The summed E-state index contributed by atoms with van der Waals surface area (Å²) in [5.74, 6) is 0. The topological polar surface area (TPSA) is 135 Å². The van der Waals surface area contributed by atoms with E-state index in [2.05, 4.69) is 29.0 Å². The summed E-state index contributed by atoms with van der Waals surface area (Å²) in [6, 6.07) is 45.5. The molecule has 0 aliphatic heterocycles. The predicted molar refractivity (Wildman–Crippen MR) is 248 cm³/mol. The highest BCUT2D eigenvalue weighted by Crippen LogP contribution is 2.38. The van der Waals surface area contributed by atoms with Crippen molar-refractivity contribution < 1.29 is 13.3 Å². The third-order valence-corrected chi connectivity index (χ3v) is 11.0. The number of fused-ring (bicyclic) bond motifs is 3. The summed E-state index contributed by atoms with van der Waals surface area (Å²) in [5.41, 5.74) is 14.3. The maximum atomic E-state index is 13.4. The van der Waals surface area contributed by atoms with Gasteiger partial charge in [-0.1, -0.05) is 36.4 Å². The Morgan fingerprint density at radius 2 is 0.852 bits per heavy atom. The third-order valence-electron chi connectivity index (χ3n) is 11.0. The molecular formula is C51H42N4O6. The minimum absolute atomic E-state index is 0.419. The third kappa shape index (κ3) is 7.51. The molecule has 0 radical (unpaired) electrons. The van der Waals surface area contributed by atoms with Crippen molar-refractivity contribution in [3.05, 3.63) is 177 Å². The van der Waals surface area contributed by atoms with Crippen molar-refractivity contribution in [2.45, 2.75) is 20.8 Å². The predicted octanol–water partition coefficient (Wildman–Crippen LogP) is 11.3. The van der Waals surface area contributed by atoms with Gasteiger partial charge in [0.05, 0.1) is 16.7 Å². The quantitative estimate of drug-likeness (QED) is 0.0960. The first kappa shape index (κ1) is 38.7. The van der Waals surface area contributed by atoms with Gasteiger partial charge in [0.2, 0.25) is 0 Å². The van der Waals surface area contributed by atoms with Crippen LogP contribution in [0.2, 0.25) is 0 Å². The van der Waals surface area contributed by atoms with Crippen LogP contribution in [0.3, 0.4) is 0 Å². The zero-order valence-corrected chi connectivity index (χ0v) is 33.9. The first-order valence-corrected chi connectivity index (χ1v) is 20.3. The first-order chi connectivity index (χ1) is 29.7. The average molecular weight is 807 g/mol. The fourth-order valence-corrected chi connectivity index (χ4v) is 7.86. The number of nitrogens with one attached hydrogen (secondary N) is 1. The SMILES string of the molecule is CCNc1ccc2cc(-c3ccc(N(c4ccc(-c5cc6ccc(N)cc6oc5=O)cc4)c4ccc(-c5cc6ccc(N(CC)CC)cc6oc5=O)cc4)cc3)c(=O)oc2c1. The second-order valence-corrected chi connectivity index (χ2v) is 14.8. The molecular weight excluding hydrogens is 765 g/mol. The number of hydrogen-bond acceptors (Lipinski definition) is 10. The van der Waals surface area contributed by atoms with Crippen molar-refractivity contribution in [1.82, 2.24) is 0 Å². The lowest BCUT2D eigenvalue weighted by molar-refractivity contribution is 0.563. The van der Waals surface area contributed by atoms with Crippen LogP contribution in [0.5, 0.6) is 0 Å². The van der Waals surface area contributed by atoms with Crippen molar-refractivity contribution >= 4 is 67.0 Å². The molecule has 0 aliphatic rings. The summed E-state index contributed by atoms with van der Waals surface area (Å²) in [6.45, 7) is 8.65. The van der Waals surface area contributed by atoms with Gasteiger partial charge in [0, 0.05) is 88.1 Å². The van der Waals surface area contributed by atoms with Crippen LogP contribution in [-0.4, -0.2) is 19.6 Å². The molecule has 3 N–H and O–H groups in total. The summed E-state index contributed by atoms with van der Waals surface area (Å²) in [6.07, 6.45) is 0. The van der Waals surface area contributed by atoms with Crippen LogP contribution >= 0.6 is 0 Å². The number of rotatable bonds is 11. The van der Waals surface area contributed by atoms with Gasteiger partial charge in [-0.05, 0) is 128 Å². The molecule has 0 spiro atoms. The average Bonchev–Trinajstić information content (AvgIpc) is 3.27. The van der Waals surface area contributed by atoms with Crippen LogP contribution in [0.25, 0.3) is 66.3 Å². The molecule has 61 heavy (non-hydrogen) atoms. The molecule has 0 aliphatic carbocycles. The fraction of sp³-hybridized carbons (Fsp3) is 0.118. The Bertz CT molecular complexity index is 3260.